The fraction of sp³-hybridized carbons (Fsp3) is 0. The molecule has 0 aliphatic rings. The van der Waals surface area contributed by atoms with Crippen LogP contribution in [-0.4, -0.2) is 17.1 Å². The summed E-state index contributed by atoms with van der Waals surface area (Å²) in [5.41, 5.74) is 3.82. The van der Waals surface area contributed by atoms with Crippen LogP contribution in [0.15, 0.2) is 58.4 Å². The molecule has 5 heteroatoms. The number of H-pyrrole nitrogens is 1. The van der Waals surface area contributed by atoms with Crippen molar-refractivity contribution in [3.05, 3.63) is 60.2 Å². The maximum atomic E-state index is 12.0. The molecule has 5 nitrogen and oxygen atoms in total. The van der Waals surface area contributed by atoms with Gasteiger partial charge >= 0.3 is 0 Å². The van der Waals surface area contributed by atoms with E-state index >= 15 is 0 Å². The Bertz CT molecular complexity index is 726. The second-order valence-corrected chi connectivity index (χ2v) is 3.96. The summed E-state index contributed by atoms with van der Waals surface area (Å²) in [6, 6.07) is 10.9. The molecule has 2 aromatic heterocycles. The molecule has 1 aromatic carbocycles. The van der Waals surface area contributed by atoms with Crippen LogP contribution in [0.1, 0.15) is 16.1 Å². The fourth-order valence-corrected chi connectivity index (χ4v) is 1.85. The lowest BCUT2D eigenvalue weighted by molar-refractivity contribution is 0.0956. The standard InChI is InChI=1S/C14H11N3O2/c18-14(17-16-9-11-4-2-8-19-11)12-5-1-3-10-6-7-15-13(10)12/h1-9,15H,(H,17,18)/b16-9+. The number of rotatable bonds is 3. The van der Waals surface area contributed by atoms with Crippen LogP contribution in [0.5, 0.6) is 0 Å². The van der Waals surface area contributed by atoms with Crippen molar-refractivity contribution in [1.82, 2.24) is 10.4 Å². The van der Waals surface area contributed by atoms with E-state index in [9.17, 15) is 4.79 Å². The van der Waals surface area contributed by atoms with Gasteiger partial charge in [-0.25, -0.2) is 5.43 Å². The highest BCUT2D eigenvalue weighted by Gasteiger charge is 2.09. The number of amides is 1. The molecule has 0 aliphatic heterocycles. The van der Waals surface area contributed by atoms with Crippen molar-refractivity contribution >= 4 is 23.0 Å². The zero-order chi connectivity index (χ0) is 13.1. The Kier molecular flexibility index (Phi) is 2.86. The number of carbonyl (C=O) groups excluding carboxylic acids is 1. The van der Waals surface area contributed by atoms with Gasteiger partial charge in [-0.15, -0.1) is 0 Å². The summed E-state index contributed by atoms with van der Waals surface area (Å²) in [6.07, 6.45) is 4.79. The Morgan fingerprint density at radius 1 is 1.26 bits per heavy atom. The smallest absolute Gasteiger partial charge is 0.273 e. The van der Waals surface area contributed by atoms with Gasteiger partial charge in [0.15, 0.2) is 0 Å². The van der Waals surface area contributed by atoms with Crippen LogP contribution in [0.3, 0.4) is 0 Å². The van der Waals surface area contributed by atoms with Gasteiger partial charge in [0.25, 0.3) is 5.91 Å². The summed E-state index contributed by atoms with van der Waals surface area (Å²) < 4.78 is 5.07. The number of hydrazone groups is 1. The zero-order valence-corrected chi connectivity index (χ0v) is 9.96. The summed E-state index contributed by atoms with van der Waals surface area (Å²) in [7, 11) is 0. The minimum Gasteiger partial charge on any atom is -0.463 e. The lowest BCUT2D eigenvalue weighted by atomic mass is 10.1. The van der Waals surface area contributed by atoms with Crippen LogP contribution >= 0.6 is 0 Å². The average Bonchev–Trinajstić information content (AvgIpc) is 3.08. The lowest BCUT2D eigenvalue weighted by Gasteiger charge is -2.01. The van der Waals surface area contributed by atoms with E-state index < -0.39 is 0 Å². The van der Waals surface area contributed by atoms with Crippen LogP contribution < -0.4 is 5.43 Å². The molecule has 0 fully saturated rings. The van der Waals surface area contributed by atoms with Crippen molar-refractivity contribution in [2.75, 3.05) is 0 Å². The van der Waals surface area contributed by atoms with E-state index in [-0.39, 0.29) is 5.91 Å². The Morgan fingerprint density at radius 2 is 2.21 bits per heavy atom. The number of aromatic amines is 1. The Labute approximate surface area is 108 Å². The number of hydrogen-bond acceptors (Lipinski definition) is 3. The first-order valence-corrected chi connectivity index (χ1v) is 5.77. The molecular weight excluding hydrogens is 242 g/mol. The predicted molar refractivity (Wildman–Crippen MR) is 72.1 cm³/mol. The van der Waals surface area contributed by atoms with E-state index in [0.717, 1.165) is 10.9 Å². The third-order valence-electron chi connectivity index (χ3n) is 2.73. The predicted octanol–water partition coefficient (Wildman–Crippen LogP) is 2.52. The Balaban J connectivity index is 1.79. The number of aromatic nitrogens is 1. The third-order valence-corrected chi connectivity index (χ3v) is 2.73. The zero-order valence-electron chi connectivity index (χ0n) is 9.96. The number of para-hydroxylation sites is 1. The Hall–Kier alpha value is -2.82. The average molecular weight is 253 g/mol. The fourth-order valence-electron chi connectivity index (χ4n) is 1.85. The summed E-state index contributed by atoms with van der Waals surface area (Å²) in [5, 5.41) is 4.84. The van der Waals surface area contributed by atoms with Gasteiger partial charge in [-0.1, -0.05) is 12.1 Å². The SMILES string of the molecule is O=C(N/N=C/c1ccco1)c1cccc2cc[nH]c12. The molecule has 0 saturated heterocycles. The molecule has 94 valence electrons. The van der Waals surface area contributed by atoms with Gasteiger partial charge in [-0.05, 0) is 24.3 Å². The minimum atomic E-state index is -0.268. The highest BCUT2D eigenvalue weighted by molar-refractivity contribution is 6.05. The van der Waals surface area contributed by atoms with Crippen molar-refractivity contribution in [3.8, 4) is 0 Å². The molecule has 3 aromatic rings. The van der Waals surface area contributed by atoms with E-state index in [0.29, 0.717) is 11.3 Å². The molecule has 0 unspecified atom stereocenters. The van der Waals surface area contributed by atoms with Crippen molar-refractivity contribution in [2.45, 2.75) is 0 Å². The molecule has 1 amide bonds. The molecule has 0 bridgehead atoms. The largest absolute Gasteiger partial charge is 0.463 e. The highest BCUT2D eigenvalue weighted by atomic mass is 16.3. The van der Waals surface area contributed by atoms with Crippen molar-refractivity contribution < 1.29 is 9.21 Å². The number of fused-ring (bicyclic) bond motifs is 1. The van der Waals surface area contributed by atoms with E-state index in [1.807, 2.05) is 18.2 Å². The molecule has 2 heterocycles. The quantitative estimate of drug-likeness (QED) is 0.556. The second-order valence-electron chi connectivity index (χ2n) is 3.96. The Morgan fingerprint density at radius 3 is 3.05 bits per heavy atom. The van der Waals surface area contributed by atoms with Gasteiger partial charge in [-0.2, -0.15) is 5.10 Å². The molecule has 3 rings (SSSR count). The maximum Gasteiger partial charge on any atom is 0.273 e. The van der Waals surface area contributed by atoms with Crippen LogP contribution in [0, 0.1) is 0 Å². The van der Waals surface area contributed by atoms with E-state index in [4.69, 9.17) is 4.42 Å². The summed E-state index contributed by atoms with van der Waals surface area (Å²) in [4.78, 5) is 15.1. The minimum absolute atomic E-state index is 0.268. The molecule has 2 N–H and O–H groups in total. The summed E-state index contributed by atoms with van der Waals surface area (Å²) >= 11 is 0. The van der Waals surface area contributed by atoms with Gasteiger partial charge < -0.3 is 9.40 Å². The van der Waals surface area contributed by atoms with E-state index in [1.54, 1.807) is 30.7 Å². The van der Waals surface area contributed by atoms with Gasteiger partial charge in [0.05, 0.1) is 23.6 Å². The van der Waals surface area contributed by atoms with Crippen molar-refractivity contribution in [3.63, 3.8) is 0 Å². The normalized spacial score (nSPS) is 11.2. The van der Waals surface area contributed by atoms with Gasteiger partial charge in [0, 0.05) is 11.6 Å². The van der Waals surface area contributed by atoms with E-state index in [1.165, 1.54) is 6.21 Å². The molecule has 0 spiro atoms. The van der Waals surface area contributed by atoms with Crippen molar-refractivity contribution in [2.24, 2.45) is 5.10 Å². The number of nitrogens with zero attached hydrogens (tertiary/aromatic N) is 1. The first-order chi connectivity index (χ1) is 9.34. The molecular formula is C14H11N3O2. The number of hydrogen-bond donors (Lipinski definition) is 2. The van der Waals surface area contributed by atoms with Crippen molar-refractivity contribution in [1.29, 1.82) is 0 Å². The van der Waals surface area contributed by atoms with E-state index in [2.05, 4.69) is 15.5 Å². The molecule has 0 radical (unpaired) electrons. The van der Waals surface area contributed by atoms with Gasteiger partial charge in [-0.3, -0.25) is 4.79 Å². The maximum absolute atomic E-state index is 12.0. The molecule has 0 saturated carbocycles. The van der Waals surface area contributed by atoms with Crippen LogP contribution in [0.2, 0.25) is 0 Å². The van der Waals surface area contributed by atoms with Gasteiger partial charge in [0.1, 0.15) is 5.76 Å². The molecule has 19 heavy (non-hydrogen) atoms. The molecule has 0 atom stereocenters. The van der Waals surface area contributed by atoms with Crippen LogP contribution in [0.25, 0.3) is 10.9 Å². The molecule has 0 aliphatic carbocycles. The summed E-state index contributed by atoms with van der Waals surface area (Å²) in [6.45, 7) is 0. The summed E-state index contributed by atoms with van der Waals surface area (Å²) in [5.74, 6) is 0.314. The van der Waals surface area contributed by atoms with Crippen LogP contribution in [-0.2, 0) is 0 Å². The number of furan rings is 1. The first-order valence-electron chi connectivity index (χ1n) is 5.77. The first kappa shape index (κ1) is 11.3. The second kappa shape index (κ2) is 4.81. The highest BCUT2D eigenvalue weighted by Crippen LogP contribution is 2.16. The number of benzene rings is 1. The monoisotopic (exact) mass is 253 g/mol. The number of carbonyl (C=O) groups is 1. The lowest BCUT2D eigenvalue weighted by Crippen LogP contribution is -2.17. The third kappa shape index (κ3) is 2.26. The number of nitrogens with one attached hydrogen (secondary N) is 2. The van der Waals surface area contributed by atoms with Gasteiger partial charge in [0.2, 0.25) is 0 Å². The topological polar surface area (TPSA) is 70.4 Å². The van der Waals surface area contributed by atoms with Crippen LogP contribution in [0.4, 0.5) is 0 Å².